The molecule has 2 atom stereocenters. The summed E-state index contributed by atoms with van der Waals surface area (Å²) >= 11 is 1.60. The van der Waals surface area contributed by atoms with Crippen LogP contribution in [0.3, 0.4) is 0 Å². The van der Waals surface area contributed by atoms with Crippen LogP contribution >= 0.6 is 11.8 Å². The van der Waals surface area contributed by atoms with Gasteiger partial charge in [-0.3, -0.25) is 14.4 Å². The van der Waals surface area contributed by atoms with Gasteiger partial charge in [0.25, 0.3) is 0 Å². The molecular weight excluding hydrogens is 314 g/mol. The molecule has 3 fully saturated rings. The third-order valence-corrected chi connectivity index (χ3v) is 5.47. The lowest BCUT2D eigenvalue weighted by Crippen LogP contribution is -2.53. The molecule has 0 bridgehead atoms. The molecule has 6 nitrogen and oxygen atoms in total. The van der Waals surface area contributed by atoms with Crippen LogP contribution in [-0.2, 0) is 14.4 Å². The van der Waals surface area contributed by atoms with Crippen LogP contribution in [0.1, 0.15) is 40.0 Å². The number of nitrogens with one attached hydrogen (secondary N) is 1. The van der Waals surface area contributed by atoms with Crippen molar-refractivity contribution in [3.63, 3.8) is 0 Å². The van der Waals surface area contributed by atoms with Gasteiger partial charge in [-0.1, -0.05) is 0 Å². The molecule has 0 spiro atoms. The lowest BCUT2D eigenvalue weighted by atomic mass is 10.1. The van der Waals surface area contributed by atoms with Gasteiger partial charge in [0.2, 0.25) is 17.7 Å². The summed E-state index contributed by atoms with van der Waals surface area (Å²) in [5.41, 5.74) is -0.314. The van der Waals surface area contributed by atoms with Crippen molar-refractivity contribution < 1.29 is 14.4 Å². The van der Waals surface area contributed by atoms with E-state index in [0.29, 0.717) is 30.6 Å². The summed E-state index contributed by atoms with van der Waals surface area (Å²) in [5, 5.41) is 2.96. The Hall–Kier alpha value is -1.24. The summed E-state index contributed by atoms with van der Waals surface area (Å²) in [7, 11) is 0. The predicted octanol–water partition coefficient (Wildman–Crippen LogP) is 0.813. The Bertz CT molecular complexity index is 527. The van der Waals surface area contributed by atoms with Crippen molar-refractivity contribution in [3.8, 4) is 0 Å². The number of hydrogen-bond acceptors (Lipinski definition) is 4. The normalized spacial score (nSPS) is 28.4. The maximum atomic E-state index is 12.8. The van der Waals surface area contributed by atoms with Crippen LogP contribution in [0.5, 0.6) is 0 Å². The highest BCUT2D eigenvalue weighted by molar-refractivity contribution is 7.99. The summed E-state index contributed by atoms with van der Waals surface area (Å²) in [4.78, 5) is 40.8. The summed E-state index contributed by atoms with van der Waals surface area (Å²) < 4.78 is 0. The minimum atomic E-state index is -0.420. The first-order chi connectivity index (χ1) is 10.8. The molecule has 23 heavy (non-hydrogen) atoms. The molecule has 0 aromatic carbocycles. The van der Waals surface area contributed by atoms with Gasteiger partial charge in [0.1, 0.15) is 6.04 Å². The van der Waals surface area contributed by atoms with E-state index in [2.05, 4.69) is 5.32 Å². The van der Waals surface area contributed by atoms with Crippen molar-refractivity contribution in [2.45, 2.75) is 57.7 Å². The molecule has 2 saturated heterocycles. The Kier molecular flexibility index (Phi) is 4.33. The third kappa shape index (κ3) is 3.65. The van der Waals surface area contributed by atoms with Gasteiger partial charge in [0, 0.05) is 30.3 Å². The molecular formula is C16H25N3O3S. The molecule has 0 unspecified atom stereocenters. The van der Waals surface area contributed by atoms with Crippen molar-refractivity contribution >= 4 is 29.5 Å². The third-order valence-electron chi connectivity index (χ3n) is 4.46. The Balaban J connectivity index is 1.64. The van der Waals surface area contributed by atoms with Crippen molar-refractivity contribution in [2.75, 3.05) is 18.2 Å². The van der Waals surface area contributed by atoms with E-state index < -0.39 is 6.04 Å². The Morgan fingerprint density at radius 3 is 2.57 bits per heavy atom. The predicted molar refractivity (Wildman–Crippen MR) is 88.7 cm³/mol. The van der Waals surface area contributed by atoms with E-state index >= 15 is 0 Å². The quantitative estimate of drug-likeness (QED) is 0.826. The summed E-state index contributed by atoms with van der Waals surface area (Å²) in [6, 6.07) is -0.0648. The number of likely N-dealkylation sites (tertiary alicyclic amines) is 1. The zero-order chi connectivity index (χ0) is 16.8. The smallest absolute Gasteiger partial charge is 0.244 e. The molecule has 0 aromatic rings. The summed E-state index contributed by atoms with van der Waals surface area (Å²) in [6.45, 7) is 6.32. The van der Waals surface area contributed by atoms with Crippen LogP contribution in [0.2, 0.25) is 0 Å². The fourth-order valence-corrected chi connectivity index (χ4v) is 4.36. The van der Waals surface area contributed by atoms with Crippen molar-refractivity contribution in [2.24, 2.45) is 5.92 Å². The fraction of sp³-hybridized carbons (Fsp3) is 0.812. The highest BCUT2D eigenvalue weighted by atomic mass is 32.2. The van der Waals surface area contributed by atoms with Gasteiger partial charge in [-0.2, -0.15) is 0 Å². The van der Waals surface area contributed by atoms with E-state index in [9.17, 15) is 14.4 Å². The van der Waals surface area contributed by atoms with Crippen LogP contribution in [0.15, 0.2) is 0 Å². The molecule has 2 aliphatic heterocycles. The van der Waals surface area contributed by atoms with Crippen molar-refractivity contribution in [1.29, 1.82) is 0 Å². The van der Waals surface area contributed by atoms with Crippen LogP contribution in [0.4, 0.5) is 0 Å². The van der Waals surface area contributed by atoms with Gasteiger partial charge in [-0.15, -0.1) is 11.8 Å². The van der Waals surface area contributed by atoms with E-state index in [-0.39, 0.29) is 29.2 Å². The van der Waals surface area contributed by atoms with Gasteiger partial charge >= 0.3 is 0 Å². The van der Waals surface area contributed by atoms with Crippen molar-refractivity contribution in [1.82, 2.24) is 15.1 Å². The Labute approximate surface area is 141 Å². The lowest BCUT2D eigenvalue weighted by Gasteiger charge is -2.29. The van der Waals surface area contributed by atoms with E-state index in [4.69, 9.17) is 0 Å². The van der Waals surface area contributed by atoms with E-state index in [1.807, 2.05) is 25.7 Å². The van der Waals surface area contributed by atoms with Crippen LogP contribution in [0.25, 0.3) is 0 Å². The average Bonchev–Trinajstić information content (AvgIpc) is 3.02. The zero-order valence-electron chi connectivity index (χ0n) is 14.0. The molecule has 7 heteroatoms. The maximum absolute atomic E-state index is 12.8. The fourth-order valence-electron chi connectivity index (χ4n) is 3.20. The number of nitrogens with zero attached hydrogens (tertiary/aromatic N) is 2. The van der Waals surface area contributed by atoms with Gasteiger partial charge in [-0.25, -0.2) is 0 Å². The van der Waals surface area contributed by atoms with Gasteiger partial charge in [0.15, 0.2) is 0 Å². The first-order valence-electron chi connectivity index (χ1n) is 8.26. The molecule has 3 rings (SSSR count). The van der Waals surface area contributed by atoms with Crippen molar-refractivity contribution in [3.05, 3.63) is 0 Å². The van der Waals surface area contributed by atoms with Crippen LogP contribution in [0, 0.1) is 5.92 Å². The summed E-state index contributed by atoms with van der Waals surface area (Å²) in [6.07, 6.45) is 2.41. The van der Waals surface area contributed by atoms with E-state index in [1.54, 1.807) is 16.7 Å². The second kappa shape index (κ2) is 6.00. The lowest BCUT2D eigenvalue weighted by molar-refractivity contribution is -0.141. The minimum Gasteiger partial charge on any atom is -0.350 e. The first kappa shape index (κ1) is 16.6. The number of carbonyl (C=O) groups excluding carboxylic acids is 3. The average molecular weight is 339 g/mol. The van der Waals surface area contributed by atoms with E-state index in [0.717, 1.165) is 12.8 Å². The molecule has 128 valence electrons. The molecule has 3 amide bonds. The zero-order valence-corrected chi connectivity index (χ0v) is 14.8. The van der Waals surface area contributed by atoms with E-state index in [1.165, 1.54) is 0 Å². The minimum absolute atomic E-state index is 0.0411. The maximum Gasteiger partial charge on any atom is 0.244 e. The Morgan fingerprint density at radius 2 is 1.96 bits per heavy atom. The first-order valence-corrected chi connectivity index (χ1v) is 9.41. The molecule has 2 heterocycles. The number of amides is 3. The monoisotopic (exact) mass is 339 g/mol. The number of rotatable bonds is 3. The molecule has 1 aliphatic carbocycles. The summed E-state index contributed by atoms with van der Waals surface area (Å²) in [5.74, 6) is 0.829. The second-order valence-corrected chi connectivity index (χ2v) is 8.74. The number of hydrogen-bond donors (Lipinski definition) is 1. The van der Waals surface area contributed by atoms with Gasteiger partial charge in [-0.05, 0) is 33.6 Å². The van der Waals surface area contributed by atoms with Gasteiger partial charge < -0.3 is 15.1 Å². The molecule has 0 radical (unpaired) electrons. The van der Waals surface area contributed by atoms with Crippen LogP contribution in [-0.4, -0.2) is 63.3 Å². The van der Waals surface area contributed by atoms with Gasteiger partial charge in [0.05, 0.1) is 11.8 Å². The number of thioether (sulfide) groups is 1. The number of carbonyl (C=O) groups is 3. The molecule has 1 saturated carbocycles. The standard InChI is InChI=1S/C16H25N3O3S/c1-16(2,3)17-14(21)12-8-23-9-19(12)15(22)10-6-13(20)18(7-10)11-4-5-11/h10-12H,4-9H2,1-3H3,(H,17,21)/t10-,12+/m0/s1. The highest BCUT2D eigenvalue weighted by Gasteiger charge is 2.45. The molecule has 0 aromatic heterocycles. The van der Waals surface area contributed by atoms with Crippen LogP contribution < -0.4 is 5.32 Å². The largest absolute Gasteiger partial charge is 0.350 e. The second-order valence-electron chi connectivity index (χ2n) is 7.74. The SMILES string of the molecule is CC(C)(C)NC(=O)[C@H]1CSCN1C(=O)[C@H]1CC(=O)N(C2CC2)C1. The topological polar surface area (TPSA) is 69.7 Å². The molecule has 1 N–H and O–H groups in total. The molecule has 3 aliphatic rings. The Morgan fingerprint density at radius 1 is 1.26 bits per heavy atom. The highest BCUT2D eigenvalue weighted by Crippen LogP contribution is 2.34.